The Hall–Kier alpha value is -2.29. The van der Waals surface area contributed by atoms with Crippen LogP contribution in [-0.2, 0) is 25.7 Å². The predicted molar refractivity (Wildman–Crippen MR) is 101 cm³/mol. The van der Waals surface area contributed by atoms with Gasteiger partial charge in [0.25, 0.3) is 0 Å². The lowest BCUT2D eigenvalue weighted by Gasteiger charge is -2.20. The van der Waals surface area contributed by atoms with Crippen molar-refractivity contribution in [1.82, 2.24) is 0 Å². The number of nitrogens with zero attached hydrogens (tertiary/aromatic N) is 1. The van der Waals surface area contributed by atoms with Crippen molar-refractivity contribution in [3.05, 3.63) is 58.7 Å². The minimum atomic E-state index is 0.493. The SMILES string of the molecule is NC(=Nc1cccc2c1CCCC2)Nc1cccc2c1CCCC2. The Morgan fingerprint density at radius 3 is 2.21 bits per heavy atom. The Balaban J connectivity index is 1.61. The molecule has 0 unspecified atom stereocenters. The molecular formula is C21H25N3. The van der Waals surface area contributed by atoms with E-state index in [2.05, 4.69) is 41.7 Å². The van der Waals surface area contributed by atoms with Crippen molar-refractivity contribution in [2.75, 3.05) is 5.32 Å². The van der Waals surface area contributed by atoms with E-state index in [-0.39, 0.29) is 0 Å². The number of nitrogens with two attached hydrogens (primary N) is 1. The second-order valence-corrected chi connectivity index (χ2v) is 6.89. The third-order valence-corrected chi connectivity index (χ3v) is 5.27. The smallest absolute Gasteiger partial charge is 0.198 e. The molecule has 2 aliphatic carbocycles. The molecule has 2 aromatic carbocycles. The van der Waals surface area contributed by atoms with Gasteiger partial charge < -0.3 is 11.1 Å². The Morgan fingerprint density at radius 1 is 0.792 bits per heavy atom. The summed E-state index contributed by atoms with van der Waals surface area (Å²) in [5.41, 5.74) is 14.1. The zero-order valence-electron chi connectivity index (χ0n) is 14.1. The molecule has 2 aromatic rings. The Morgan fingerprint density at radius 2 is 1.42 bits per heavy atom. The molecule has 0 aromatic heterocycles. The van der Waals surface area contributed by atoms with E-state index in [0.717, 1.165) is 30.6 Å². The van der Waals surface area contributed by atoms with Crippen molar-refractivity contribution in [2.45, 2.75) is 51.4 Å². The highest BCUT2D eigenvalue weighted by Crippen LogP contribution is 2.31. The van der Waals surface area contributed by atoms with Crippen LogP contribution >= 0.6 is 0 Å². The standard InChI is InChI=1S/C21H25N3/c22-21(23-19-13-5-9-15-7-1-3-11-17(15)19)24-20-14-6-10-16-8-2-4-12-18(16)20/h5-6,9-10,13-14H,1-4,7-8,11-12H2,(H3,22,23,24). The topological polar surface area (TPSA) is 50.4 Å². The second-order valence-electron chi connectivity index (χ2n) is 6.89. The Bertz CT molecular complexity index is 777. The van der Waals surface area contributed by atoms with Crippen LogP contribution in [0.1, 0.15) is 47.9 Å². The number of anilines is 1. The molecule has 3 nitrogen and oxygen atoms in total. The Labute approximate surface area is 144 Å². The predicted octanol–water partition coefficient (Wildman–Crippen LogP) is 4.50. The van der Waals surface area contributed by atoms with Crippen LogP contribution in [0.5, 0.6) is 0 Å². The van der Waals surface area contributed by atoms with Gasteiger partial charge in [-0.3, -0.25) is 0 Å². The van der Waals surface area contributed by atoms with Crippen molar-refractivity contribution in [1.29, 1.82) is 0 Å². The van der Waals surface area contributed by atoms with Gasteiger partial charge in [0.2, 0.25) is 0 Å². The van der Waals surface area contributed by atoms with Gasteiger partial charge in [-0.25, -0.2) is 4.99 Å². The first-order chi connectivity index (χ1) is 11.8. The zero-order valence-corrected chi connectivity index (χ0v) is 14.1. The maximum Gasteiger partial charge on any atom is 0.198 e. The molecule has 0 atom stereocenters. The van der Waals surface area contributed by atoms with E-state index in [1.54, 1.807) is 0 Å². The lowest BCUT2D eigenvalue weighted by molar-refractivity contribution is 0.686. The third-order valence-electron chi connectivity index (χ3n) is 5.27. The largest absolute Gasteiger partial charge is 0.369 e. The van der Waals surface area contributed by atoms with Crippen molar-refractivity contribution < 1.29 is 0 Å². The molecule has 0 fully saturated rings. The van der Waals surface area contributed by atoms with Crippen LogP contribution in [0.15, 0.2) is 41.4 Å². The van der Waals surface area contributed by atoms with Gasteiger partial charge >= 0.3 is 0 Å². The second kappa shape index (κ2) is 6.68. The molecule has 3 heteroatoms. The number of guanidine groups is 1. The van der Waals surface area contributed by atoms with E-state index in [9.17, 15) is 0 Å². The minimum absolute atomic E-state index is 0.493. The normalized spacial score (nSPS) is 17.1. The van der Waals surface area contributed by atoms with E-state index in [1.165, 1.54) is 54.4 Å². The Kier molecular flexibility index (Phi) is 4.24. The highest BCUT2D eigenvalue weighted by molar-refractivity contribution is 5.95. The van der Waals surface area contributed by atoms with E-state index in [4.69, 9.17) is 10.7 Å². The molecule has 124 valence electrons. The van der Waals surface area contributed by atoms with Gasteiger partial charge in [0.05, 0.1) is 5.69 Å². The fourth-order valence-electron chi connectivity index (χ4n) is 4.06. The number of nitrogens with one attached hydrogen (secondary N) is 1. The summed E-state index contributed by atoms with van der Waals surface area (Å²) in [5, 5.41) is 3.35. The minimum Gasteiger partial charge on any atom is -0.369 e. The van der Waals surface area contributed by atoms with Crippen molar-refractivity contribution in [3.63, 3.8) is 0 Å². The molecule has 0 heterocycles. The van der Waals surface area contributed by atoms with Gasteiger partial charge in [0, 0.05) is 5.69 Å². The first-order valence-corrected chi connectivity index (χ1v) is 9.14. The van der Waals surface area contributed by atoms with Crippen LogP contribution in [-0.4, -0.2) is 5.96 Å². The molecule has 0 spiro atoms. The van der Waals surface area contributed by atoms with Crippen LogP contribution in [0.2, 0.25) is 0 Å². The van der Waals surface area contributed by atoms with Crippen molar-refractivity contribution in [2.24, 2.45) is 10.7 Å². The maximum absolute atomic E-state index is 6.24. The summed E-state index contributed by atoms with van der Waals surface area (Å²) in [4.78, 5) is 4.70. The van der Waals surface area contributed by atoms with Crippen molar-refractivity contribution in [3.8, 4) is 0 Å². The number of aryl methyl sites for hydroxylation is 2. The van der Waals surface area contributed by atoms with Crippen LogP contribution in [0, 0.1) is 0 Å². The van der Waals surface area contributed by atoms with Gasteiger partial charge in [-0.05, 0) is 85.8 Å². The molecule has 0 bridgehead atoms. The van der Waals surface area contributed by atoms with E-state index >= 15 is 0 Å². The molecule has 3 N–H and O–H groups in total. The summed E-state index contributed by atoms with van der Waals surface area (Å²) in [6.45, 7) is 0. The monoisotopic (exact) mass is 319 g/mol. The van der Waals surface area contributed by atoms with Crippen LogP contribution in [0.3, 0.4) is 0 Å². The van der Waals surface area contributed by atoms with Crippen LogP contribution in [0.4, 0.5) is 11.4 Å². The molecule has 0 saturated heterocycles. The molecule has 0 aliphatic heterocycles. The summed E-state index contributed by atoms with van der Waals surface area (Å²) >= 11 is 0. The summed E-state index contributed by atoms with van der Waals surface area (Å²) in [6, 6.07) is 12.9. The van der Waals surface area contributed by atoms with Gasteiger partial charge in [0.1, 0.15) is 0 Å². The lowest BCUT2D eigenvalue weighted by Crippen LogP contribution is -2.23. The molecule has 2 aliphatic rings. The molecule has 0 saturated carbocycles. The van der Waals surface area contributed by atoms with E-state index in [1.807, 2.05) is 0 Å². The number of hydrogen-bond acceptors (Lipinski definition) is 1. The first-order valence-electron chi connectivity index (χ1n) is 9.14. The fourth-order valence-corrected chi connectivity index (χ4v) is 4.06. The van der Waals surface area contributed by atoms with Crippen LogP contribution < -0.4 is 11.1 Å². The number of aliphatic imine (C=N–C) groups is 1. The summed E-state index contributed by atoms with van der Waals surface area (Å²) in [6.07, 6.45) is 9.66. The van der Waals surface area contributed by atoms with E-state index < -0.39 is 0 Å². The first kappa shape index (κ1) is 15.3. The summed E-state index contributed by atoms with van der Waals surface area (Å²) in [5.74, 6) is 0.493. The lowest BCUT2D eigenvalue weighted by atomic mass is 9.90. The number of rotatable bonds is 2. The molecule has 4 rings (SSSR count). The quantitative estimate of drug-likeness (QED) is 0.632. The molecule has 0 radical (unpaired) electrons. The summed E-state index contributed by atoms with van der Waals surface area (Å²) in [7, 11) is 0. The molecule has 24 heavy (non-hydrogen) atoms. The van der Waals surface area contributed by atoms with Gasteiger partial charge in [0.15, 0.2) is 5.96 Å². The van der Waals surface area contributed by atoms with E-state index in [0.29, 0.717) is 5.96 Å². The highest BCUT2D eigenvalue weighted by atomic mass is 15.1. The van der Waals surface area contributed by atoms with Crippen molar-refractivity contribution >= 4 is 17.3 Å². The van der Waals surface area contributed by atoms with Gasteiger partial charge in [-0.1, -0.05) is 24.3 Å². The number of benzene rings is 2. The summed E-state index contributed by atoms with van der Waals surface area (Å²) < 4.78 is 0. The third kappa shape index (κ3) is 3.03. The molecule has 0 amide bonds. The fraction of sp³-hybridized carbons (Fsp3) is 0.381. The average Bonchev–Trinajstić information content (AvgIpc) is 2.62. The van der Waals surface area contributed by atoms with Crippen LogP contribution in [0.25, 0.3) is 0 Å². The maximum atomic E-state index is 6.24. The molecular weight excluding hydrogens is 294 g/mol. The average molecular weight is 319 g/mol. The highest BCUT2D eigenvalue weighted by Gasteiger charge is 2.15. The van der Waals surface area contributed by atoms with Gasteiger partial charge in [-0.2, -0.15) is 0 Å². The number of hydrogen-bond donors (Lipinski definition) is 2. The number of fused-ring (bicyclic) bond motifs is 2. The van der Waals surface area contributed by atoms with Gasteiger partial charge in [-0.15, -0.1) is 0 Å². The zero-order chi connectivity index (χ0) is 16.4.